The SMILES string of the molecule is COC(=O)C1(CN(C)CC2CCN(C)C2)CC1. The van der Waals surface area contributed by atoms with E-state index in [2.05, 4.69) is 23.9 Å². The second-order valence-corrected chi connectivity index (χ2v) is 5.89. The van der Waals surface area contributed by atoms with E-state index in [1.807, 2.05) is 0 Å². The van der Waals surface area contributed by atoms with Gasteiger partial charge < -0.3 is 14.5 Å². The molecule has 1 saturated carbocycles. The highest BCUT2D eigenvalue weighted by Gasteiger charge is 2.51. The van der Waals surface area contributed by atoms with Crippen LogP contribution in [0.5, 0.6) is 0 Å². The lowest BCUT2D eigenvalue weighted by Crippen LogP contribution is -2.36. The van der Waals surface area contributed by atoms with Crippen LogP contribution in [0.15, 0.2) is 0 Å². The third-order valence-electron chi connectivity index (χ3n) is 4.10. The highest BCUT2D eigenvalue weighted by molar-refractivity contribution is 5.80. The molecule has 98 valence electrons. The first-order valence-electron chi connectivity index (χ1n) is 6.51. The third-order valence-corrected chi connectivity index (χ3v) is 4.10. The quantitative estimate of drug-likeness (QED) is 0.666. The van der Waals surface area contributed by atoms with Crippen molar-refractivity contribution in [3.05, 3.63) is 0 Å². The summed E-state index contributed by atoms with van der Waals surface area (Å²) in [6.07, 6.45) is 3.27. The molecule has 1 atom stereocenters. The van der Waals surface area contributed by atoms with Crippen LogP contribution in [-0.2, 0) is 9.53 Å². The molecule has 4 heteroatoms. The first-order valence-corrected chi connectivity index (χ1v) is 6.51. The molecule has 0 radical (unpaired) electrons. The van der Waals surface area contributed by atoms with Crippen molar-refractivity contribution in [3.63, 3.8) is 0 Å². The van der Waals surface area contributed by atoms with Crippen LogP contribution in [0.1, 0.15) is 19.3 Å². The summed E-state index contributed by atoms with van der Waals surface area (Å²) >= 11 is 0. The molecule has 0 aromatic carbocycles. The lowest BCUT2D eigenvalue weighted by molar-refractivity contribution is -0.147. The summed E-state index contributed by atoms with van der Waals surface area (Å²) in [6, 6.07) is 0. The van der Waals surface area contributed by atoms with Crippen LogP contribution < -0.4 is 0 Å². The average Bonchev–Trinajstić information content (AvgIpc) is 2.95. The predicted molar refractivity (Wildman–Crippen MR) is 66.8 cm³/mol. The van der Waals surface area contributed by atoms with Crippen molar-refractivity contribution in [1.29, 1.82) is 0 Å². The summed E-state index contributed by atoms with van der Waals surface area (Å²) in [5.74, 6) is 0.742. The van der Waals surface area contributed by atoms with E-state index in [4.69, 9.17) is 4.74 Å². The summed E-state index contributed by atoms with van der Waals surface area (Å²) < 4.78 is 4.89. The number of esters is 1. The van der Waals surface area contributed by atoms with E-state index in [-0.39, 0.29) is 11.4 Å². The fourth-order valence-corrected chi connectivity index (χ4v) is 2.99. The molecule has 2 fully saturated rings. The Hall–Kier alpha value is -0.610. The lowest BCUT2D eigenvalue weighted by Gasteiger charge is -2.24. The Kier molecular flexibility index (Phi) is 3.73. The highest BCUT2D eigenvalue weighted by Crippen LogP contribution is 2.47. The van der Waals surface area contributed by atoms with E-state index in [0.29, 0.717) is 0 Å². The number of likely N-dealkylation sites (tertiary alicyclic amines) is 1. The zero-order valence-corrected chi connectivity index (χ0v) is 11.2. The smallest absolute Gasteiger partial charge is 0.313 e. The molecule has 0 bridgehead atoms. The Labute approximate surface area is 104 Å². The molecule has 0 amide bonds. The number of nitrogens with zero attached hydrogens (tertiary/aromatic N) is 2. The molecule has 1 unspecified atom stereocenters. The molecule has 1 saturated heterocycles. The van der Waals surface area contributed by atoms with E-state index in [0.717, 1.165) is 31.8 Å². The molecule has 2 aliphatic rings. The molecule has 0 aromatic rings. The number of hydrogen-bond acceptors (Lipinski definition) is 4. The minimum atomic E-state index is -0.173. The molecule has 1 heterocycles. The van der Waals surface area contributed by atoms with Gasteiger partial charge in [-0.1, -0.05) is 0 Å². The van der Waals surface area contributed by atoms with Crippen molar-refractivity contribution in [2.75, 3.05) is 47.4 Å². The lowest BCUT2D eigenvalue weighted by atomic mass is 10.0. The Morgan fingerprint density at radius 3 is 2.71 bits per heavy atom. The number of rotatable bonds is 5. The molecule has 0 spiro atoms. The van der Waals surface area contributed by atoms with E-state index in [1.165, 1.54) is 26.6 Å². The molecule has 4 nitrogen and oxygen atoms in total. The van der Waals surface area contributed by atoms with Crippen LogP contribution in [0.4, 0.5) is 0 Å². The van der Waals surface area contributed by atoms with E-state index >= 15 is 0 Å². The second kappa shape index (κ2) is 4.94. The standard InChI is InChI=1S/C13H24N2O2/c1-14-7-4-11(8-14)9-15(2)10-13(5-6-13)12(16)17-3/h11H,4-10H2,1-3H3. The topological polar surface area (TPSA) is 32.8 Å². The summed E-state index contributed by atoms with van der Waals surface area (Å²) in [5.41, 5.74) is -0.173. The van der Waals surface area contributed by atoms with Gasteiger partial charge in [0.25, 0.3) is 0 Å². The number of carbonyl (C=O) groups excluding carboxylic acids is 1. The minimum absolute atomic E-state index is 0.0205. The van der Waals surface area contributed by atoms with Gasteiger partial charge in [0.1, 0.15) is 0 Å². The van der Waals surface area contributed by atoms with Crippen molar-refractivity contribution < 1.29 is 9.53 Å². The van der Waals surface area contributed by atoms with Crippen molar-refractivity contribution >= 4 is 5.97 Å². The number of ether oxygens (including phenoxy) is 1. The van der Waals surface area contributed by atoms with Crippen molar-refractivity contribution in [2.24, 2.45) is 11.3 Å². The Balaban J connectivity index is 1.77. The molecular weight excluding hydrogens is 216 g/mol. The van der Waals surface area contributed by atoms with E-state index in [1.54, 1.807) is 0 Å². The number of carbonyl (C=O) groups is 1. The fourth-order valence-electron chi connectivity index (χ4n) is 2.99. The van der Waals surface area contributed by atoms with E-state index in [9.17, 15) is 4.79 Å². The molecule has 0 aromatic heterocycles. The molecule has 2 rings (SSSR count). The van der Waals surface area contributed by atoms with Gasteiger partial charge in [0.05, 0.1) is 12.5 Å². The summed E-state index contributed by atoms with van der Waals surface area (Å²) in [4.78, 5) is 16.4. The maximum Gasteiger partial charge on any atom is 0.313 e. The van der Waals surface area contributed by atoms with Gasteiger partial charge in [0.2, 0.25) is 0 Å². The van der Waals surface area contributed by atoms with E-state index < -0.39 is 0 Å². The zero-order valence-electron chi connectivity index (χ0n) is 11.2. The van der Waals surface area contributed by atoms with Crippen LogP contribution in [0, 0.1) is 11.3 Å². The Morgan fingerprint density at radius 2 is 2.24 bits per heavy atom. The Morgan fingerprint density at radius 1 is 1.53 bits per heavy atom. The first kappa shape index (κ1) is 12.8. The second-order valence-electron chi connectivity index (χ2n) is 5.89. The maximum atomic E-state index is 11.7. The first-order chi connectivity index (χ1) is 8.05. The minimum Gasteiger partial charge on any atom is -0.469 e. The van der Waals surface area contributed by atoms with Gasteiger partial charge in [0.15, 0.2) is 0 Å². The third kappa shape index (κ3) is 2.99. The van der Waals surface area contributed by atoms with Gasteiger partial charge in [-0.05, 0) is 45.8 Å². The van der Waals surface area contributed by atoms with Crippen LogP contribution in [0.3, 0.4) is 0 Å². The van der Waals surface area contributed by atoms with Crippen LogP contribution >= 0.6 is 0 Å². The average molecular weight is 240 g/mol. The maximum absolute atomic E-state index is 11.7. The summed E-state index contributed by atoms with van der Waals surface area (Å²) in [7, 11) is 5.80. The molecule has 17 heavy (non-hydrogen) atoms. The molecular formula is C13H24N2O2. The van der Waals surface area contributed by atoms with Gasteiger partial charge >= 0.3 is 5.97 Å². The number of methoxy groups -OCH3 is 1. The Bertz CT molecular complexity index is 289. The zero-order chi connectivity index (χ0) is 12.5. The van der Waals surface area contributed by atoms with Gasteiger partial charge in [-0.3, -0.25) is 4.79 Å². The number of hydrogen-bond donors (Lipinski definition) is 0. The van der Waals surface area contributed by atoms with Crippen LogP contribution in [0.2, 0.25) is 0 Å². The van der Waals surface area contributed by atoms with Gasteiger partial charge in [0, 0.05) is 19.6 Å². The normalized spacial score (nSPS) is 27.4. The predicted octanol–water partition coefficient (Wildman–Crippen LogP) is 0.823. The highest BCUT2D eigenvalue weighted by atomic mass is 16.5. The van der Waals surface area contributed by atoms with Crippen molar-refractivity contribution in [3.8, 4) is 0 Å². The van der Waals surface area contributed by atoms with Crippen molar-refractivity contribution in [1.82, 2.24) is 9.80 Å². The molecule has 1 aliphatic carbocycles. The van der Waals surface area contributed by atoms with Crippen LogP contribution in [0.25, 0.3) is 0 Å². The monoisotopic (exact) mass is 240 g/mol. The summed E-state index contributed by atoms with van der Waals surface area (Å²) in [6.45, 7) is 4.36. The summed E-state index contributed by atoms with van der Waals surface area (Å²) in [5, 5.41) is 0. The molecule has 0 N–H and O–H groups in total. The van der Waals surface area contributed by atoms with Gasteiger partial charge in [-0.15, -0.1) is 0 Å². The molecule has 1 aliphatic heterocycles. The fraction of sp³-hybridized carbons (Fsp3) is 0.923. The van der Waals surface area contributed by atoms with Crippen molar-refractivity contribution in [2.45, 2.75) is 19.3 Å². The van der Waals surface area contributed by atoms with Gasteiger partial charge in [-0.2, -0.15) is 0 Å². The van der Waals surface area contributed by atoms with Crippen LogP contribution in [-0.4, -0.2) is 63.2 Å². The largest absolute Gasteiger partial charge is 0.469 e. The van der Waals surface area contributed by atoms with Gasteiger partial charge in [-0.25, -0.2) is 0 Å².